The second-order valence-corrected chi connectivity index (χ2v) is 6.62. The van der Waals surface area contributed by atoms with Gasteiger partial charge in [-0.15, -0.1) is 0 Å². The van der Waals surface area contributed by atoms with Crippen molar-refractivity contribution in [3.05, 3.63) is 66.7 Å². The Kier molecular flexibility index (Phi) is 3.94. The summed E-state index contributed by atoms with van der Waals surface area (Å²) < 4.78 is 6.46. The number of carbonyl (C=O) groups is 1. The number of benzene rings is 3. The minimum atomic E-state index is -0.195. The molecule has 0 spiro atoms. The van der Waals surface area contributed by atoms with Crippen LogP contribution in [0.15, 0.2) is 71.4 Å². The smallest absolute Gasteiger partial charge is 0.244 e. The number of hydrogen-bond acceptors (Lipinski definition) is 6. The van der Waals surface area contributed by atoms with Crippen molar-refractivity contribution in [2.45, 2.75) is 6.54 Å². The summed E-state index contributed by atoms with van der Waals surface area (Å²) in [6.45, 7) is 0.0367. The molecule has 0 radical (unpaired) electrons. The second kappa shape index (κ2) is 6.75. The maximum absolute atomic E-state index is 12.8. The minimum Gasteiger partial charge on any atom is -0.379 e. The molecule has 0 unspecified atom stereocenters. The number of fused-ring (bicyclic) bond motifs is 2. The van der Waals surface area contributed by atoms with Gasteiger partial charge in [0.1, 0.15) is 6.54 Å². The van der Waals surface area contributed by atoms with Gasteiger partial charge in [-0.25, -0.2) is 9.61 Å². The van der Waals surface area contributed by atoms with E-state index < -0.39 is 0 Å². The zero-order valence-corrected chi connectivity index (χ0v) is 15.2. The molecule has 0 aliphatic carbocycles. The third-order valence-electron chi connectivity index (χ3n) is 4.72. The van der Waals surface area contributed by atoms with Gasteiger partial charge in [-0.2, -0.15) is 0 Å². The Morgan fingerprint density at radius 1 is 1.00 bits per heavy atom. The number of para-hydroxylation sites is 2. The standard InChI is InChI=1S/C21H16N6O2/c22-20-19(25-29-26-20)21-24-16-7-3-4-8-17(16)27(21)12-18(28)23-15-10-9-13-5-1-2-6-14(13)11-15/h1-11H,12H2,(H2,22,26)(H,23,28). The first-order chi connectivity index (χ1) is 14.2. The van der Waals surface area contributed by atoms with Crippen LogP contribution in [0.25, 0.3) is 33.3 Å². The number of amides is 1. The van der Waals surface area contributed by atoms with Gasteiger partial charge in [-0.05, 0) is 45.4 Å². The highest BCUT2D eigenvalue weighted by Gasteiger charge is 2.20. The van der Waals surface area contributed by atoms with Crippen LogP contribution in [0.1, 0.15) is 0 Å². The first-order valence-electron chi connectivity index (χ1n) is 9.01. The van der Waals surface area contributed by atoms with E-state index in [9.17, 15) is 4.79 Å². The molecular weight excluding hydrogens is 368 g/mol. The lowest BCUT2D eigenvalue weighted by atomic mass is 10.1. The molecule has 0 aliphatic heterocycles. The van der Waals surface area contributed by atoms with E-state index >= 15 is 0 Å². The normalized spacial score (nSPS) is 11.2. The van der Waals surface area contributed by atoms with Crippen molar-refractivity contribution in [2.24, 2.45) is 0 Å². The van der Waals surface area contributed by atoms with Gasteiger partial charge in [0, 0.05) is 5.69 Å². The van der Waals surface area contributed by atoms with E-state index in [-0.39, 0.29) is 18.3 Å². The molecule has 2 aromatic heterocycles. The zero-order valence-electron chi connectivity index (χ0n) is 15.2. The number of carbonyl (C=O) groups excluding carboxylic acids is 1. The number of nitrogens with one attached hydrogen (secondary N) is 1. The molecule has 29 heavy (non-hydrogen) atoms. The molecule has 1 amide bonds. The summed E-state index contributed by atoms with van der Waals surface area (Å²) in [5.41, 5.74) is 8.39. The van der Waals surface area contributed by atoms with Gasteiger partial charge in [0.15, 0.2) is 17.3 Å². The lowest BCUT2D eigenvalue weighted by molar-refractivity contribution is -0.116. The summed E-state index contributed by atoms with van der Waals surface area (Å²) in [5, 5.41) is 12.6. The lowest BCUT2D eigenvalue weighted by Gasteiger charge is -2.10. The Bertz CT molecular complexity index is 1350. The Hall–Kier alpha value is -4.20. The molecule has 8 nitrogen and oxygen atoms in total. The summed E-state index contributed by atoms with van der Waals surface area (Å²) in [5.74, 6) is 0.356. The molecule has 8 heteroatoms. The quantitative estimate of drug-likeness (QED) is 0.491. The topological polar surface area (TPSA) is 112 Å². The number of hydrogen-bond donors (Lipinski definition) is 2. The van der Waals surface area contributed by atoms with Crippen LogP contribution in [-0.4, -0.2) is 25.8 Å². The highest BCUT2D eigenvalue weighted by Crippen LogP contribution is 2.26. The molecule has 0 saturated heterocycles. The number of aromatic nitrogens is 4. The fourth-order valence-electron chi connectivity index (χ4n) is 3.38. The fourth-order valence-corrected chi connectivity index (χ4v) is 3.38. The summed E-state index contributed by atoms with van der Waals surface area (Å²) in [6.07, 6.45) is 0. The van der Waals surface area contributed by atoms with Crippen molar-refractivity contribution in [3.63, 3.8) is 0 Å². The molecule has 0 atom stereocenters. The number of nitrogens with two attached hydrogens (primary N) is 1. The Balaban J connectivity index is 1.49. The van der Waals surface area contributed by atoms with Crippen molar-refractivity contribution in [2.75, 3.05) is 11.1 Å². The lowest BCUT2D eigenvalue weighted by Crippen LogP contribution is -2.19. The number of rotatable bonds is 4. The molecule has 5 aromatic rings. The summed E-state index contributed by atoms with van der Waals surface area (Å²) >= 11 is 0. The van der Waals surface area contributed by atoms with E-state index in [4.69, 9.17) is 10.4 Å². The van der Waals surface area contributed by atoms with E-state index in [1.165, 1.54) is 0 Å². The average Bonchev–Trinajstić information content (AvgIpc) is 3.31. The van der Waals surface area contributed by atoms with Crippen LogP contribution in [0, 0.1) is 0 Å². The second-order valence-electron chi connectivity index (χ2n) is 6.62. The molecule has 142 valence electrons. The number of nitrogen functional groups attached to an aromatic ring is 1. The molecule has 5 rings (SSSR count). The molecule has 0 fully saturated rings. The van der Waals surface area contributed by atoms with Crippen molar-refractivity contribution < 1.29 is 9.42 Å². The minimum absolute atomic E-state index is 0.0367. The third kappa shape index (κ3) is 3.06. The molecule has 0 bridgehead atoms. The molecular formula is C21H16N6O2. The maximum Gasteiger partial charge on any atom is 0.244 e. The number of imidazole rings is 1. The van der Waals surface area contributed by atoms with E-state index in [0.29, 0.717) is 11.5 Å². The van der Waals surface area contributed by atoms with Crippen LogP contribution in [0.3, 0.4) is 0 Å². The molecule has 3 aromatic carbocycles. The first kappa shape index (κ1) is 16.9. The van der Waals surface area contributed by atoms with Gasteiger partial charge in [-0.1, -0.05) is 42.5 Å². The first-order valence-corrected chi connectivity index (χ1v) is 9.01. The van der Waals surface area contributed by atoms with Gasteiger partial charge in [0.05, 0.1) is 11.0 Å². The summed E-state index contributed by atoms with van der Waals surface area (Å²) in [4.78, 5) is 17.4. The van der Waals surface area contributed by atoms with E-state index in [1.54, 1.807) is 4.57 Å². The summed E-state index contributed by atoms with van der Waals surface area (Å²) in [6, 6.07) is 21.3. The Morgan fingerprint density at radius 2 is 1.79 bits per heavy atom. The highest BCUT2D eigenvalue weighted by atomic mass is 16.6. The molecule has 0 aliphatic rings. The van der Waals surface area contributed by atoms with Gasteiger partial charge in [0.2, 0.25) is 5.91 Å². The molecule has 3 N–H and O–H groups in total. The molecule has 2 heterocycles. The van der Waals surface area contributed by atoms with Crippen LogP contribution in [0.5, 0.6) is 0 Å². The van der Waals surface area contributed by atoms with Gasteiger partial charge in [-0.3, -0.25) is 4.79 Å². The third-order valence-corrected chi connectivity index (χ3v) is 4.72. The van der Waals surface area contributed by atoms with Crippen LogP contribution < -0.4 is 11.1 Å². The van der Waals surface area contributed by atoms with Crippen molar-refractivity contribution in [1.82, 2.24) is 19.9 Å². The van der Waals surface area contributed by atoms with Gasteiger partial charge in [0.25, 0.3) is 0 Å². The molecule has 0 saturated carbocycles. The fraction of sp³-hybridized carbons (Fsp3) is 0.0476. The SMILES string of the molecule is Nc1nonc1-c1nc2ccccc2n1CC(=O)Nc1ccc2ccccc2c1. The van der Waals surface area contributed by atoms with Crippen molar-refractivity contribution in [3.8, 4) is 11.5 Å². The van der Waals surface area contributed by atoms with Gasteiger partial charge >= 0.3 is 0 Å². The maximum atomic E-state index is 12.8. The van der Waals surface area contributed by atoms with Crippen LogP contribution in [-0.2, 0) is 11.3 Å². The van der Waals surface area contributed by atoms with Crippen molar-refractivity contribution >= 4 is 39.2 Å². The monoisotopic (exact) mass is 384 g/mol. The van der Waals surface area contributed by atoms with Crippen LogP contribution in [0.2, 0.25) is 0 Å². The Labute approximate surface area is 164 Å². The van der Waals surface area contributed by atoms with E-state index in [2.05, 4.69) is 20.6 Å². The highest BCUT2D eigenvalue weighted by molar-refractivity contribution is 5.95. The van der Waals surface area contributed by atoms with Gasteiger partial charge < -0.3 is 15.6 Å². The van der Waals surface area contributed by atoms with Crippen molar-refractivity contribution in [1.29, 1.82) is 0 Å². The van der Waals surface area contributed by atoms with E-state index in [1.807, 2.05) is 66.7 Å². The average molecular weight is 384 g/mol. The number of anilines is 2. The zero-order chi connectivity index (χ0) is 19.8. The predicted molar refractivity (Wildman–Crippen MR) is 110 cm³/mol. The van der Waals surface area contributed by atoms with Crippen LogP contribution >= 0.6 is 0 Å². The predicted octanol–water partition coefficient (Wildman–Crippen LogP) is 3.46. The summed E-state index contributed by atoms with van der Waals surface area (Å²) in [7, 11) is 0. The number of nitrogens with zero attached hydrogens (tertiary/aromatic N) is 4. The van der Waals surface area contributed by atoms with Crippen LogP contribution in [0.4, 0.5) is 11.5 Å². The Morgan fingerprint density at radius 3 is 2.62 bits per heavy atom. The largest absolute Gasteiger partial charge is 0.379 e. The van der Waals surface area contributed by atoms with E-state index in [0.717, 1.165) is 27.5 Å².